The zero-order valence-electron chi connectivity index (χ0n) is 15.2. The summed E-state index contributed by atoms with van der Waals surface area (Å²) in [5.41, 5.74) is 4.61. The molecule has 1 aromatic heterocycles. The molecule has 5 nitrogen and oxygen atoms in total. The number of benzene rings is 2. The second kappa shape index (κ2) is 7.26. The van der Waals surface area contributed by atoms with Crippen molar-refractivity contribution < 1.29 is 9.84 Å². The summed E-state index contributed by atoms with van der Waals surface area (Å²) in [5.74, 6) is 0.761. The first kappa shape index (κ1) is 17.3. The number of rotatable bonds is 4. The van der Waals surface area contributed by atoms with Gasteiger partial charge in [0.25, 0.3) is 0 Å². The Hall–Kier alpha value is -3.10. The molecule has 1 N–H and O–H groups in total. The molecule has 0 spiro atoms. The molecule has 1 fully saturated rings. The van der Waals surface area contributed by atoms with Gasteiger partial charge in [-0.1, -0.05) is 12.1 Å². The highest BCUT2D eigenvalue weighted by atomic mass is 16.5. The first-order valence-corrected chi connectivity index (χ1v) is 9.08. The number of hydrogen-bond donors (Lipinski definition) is 1. The number of aromatic nitrogens is 1. The lowest BCUT2D eigenvalue weighted by Crippen LogP contribution is -2.21. The lowest BCUT2D eigenvalue weighted by Gasteiger charge is -2.20. The summed E-state index contributed by atoms with van der Waals surface area (Å²) in [7, 11) is 0. The van der Waals surface area contributed by atoms with Crippen LogP contribution in [0.5, 0.6) is 5.75 Å². The molecule has 2 heterocycles. The van der Waals surface area contributed by atoms with Gasteiger partial charge in [0.05, 0.1) is 23.3 Å². The molecule has 0 radical (unpaired) electrons. The van der Waals surface area contributed by atoms with Crippen molar-refractivity contribution in [1.29, 1.82) is 5.26 Å². The summed E-state index contributed by atoms with van der Waals surface area (Å²) in [6, 6.07) is 17.5. The van der Waals surface area contributed by atoms with E-state index in [4.69, 9.17) is 10.00 Å². The third-order valence-corrected chi connectivity index (χ3v) is 4.88. The zero-order chi connectivity index (χ0) is 18.8. The first-order chi connectivity index (χ1) is 13.1. The van der Waals surface area contributed by atoms with Gasteiger partial charge in [-0.05, 0) is 49.2 Å². The molecule has 1 aliphatic rings. The smallest absolute Gasteiger partial charge is 0.122 e. The SMILES string of the molecule is Cc1cc(N2CC[C@H](O)C2)c2ccc(OCc3ccc(C#N)cc3)cc2n1. The van der Waals surface area contributed by atoms with Crippen molar-refractivity contribution in [2.24, 2.45) is 0 Å². The van der Waals surface area contributed by atoms with Crippen molar-refractivity contribution in [3.05, 3.63) is 65.4 Å². The predicted molar refractivity (Wildman–Crippen MR) is 105 cm³/mol. The minimum Gasteiger partial charge on any atom is -0.489 e. The molecule has 0 amide bonds. The lowest BCUT2D eigenvalue weighted by atomic mass is 10.1. The summed E-state index contributed by atoms with van der Waals surface area (Å²) in [6.45, 7) is 3.94. The van der Waals surface area contributed by atoms with E-state index in [0.717, 1.165) is 46.6 Å². The van der Waals surface area contributed by atoms with Crippen LogP contribution in [0.3, 0.4) is 0 Å². The molecule has 0 aliphatic carbocycles. The Morgan fingerprint density at radius 1 is 1.22 bits per heavy atom. The fourth-order valence-corrected chi connectivity index (χ4v) is 3.47. The number of nitriles is 1. The average molecular weight is 359 g/mol. The summed E-state index contributed by atoms with van der Waals surface area (Å²) < 4.78 is 5.92. The summed E-state index contributed by atoms with van der Waals surface area (Å²) in [5, 5.41) is 19.8. The Morgan fingerprint density at radius 2 is 2.04 bits per heavy atom. The van der Waals surface area contributed by atoms with Gasteiger partial charge in [0.15, 0.2) is 0 Å². The average Bonchev–Trinajstić information content (AvgIpc) is 3.12. The van der Waals surface area contributed by atoms with Crippen LogP contribution in [0.1, 0.15) is 23.2 Å². The van der Waals surface area contributed by atoms with Gasteiger partial charge in [-0.25, -0.2) is 0 Å². The molecule has 0 saturated carbocycles. The van der Waals surface area contributed by atoms with E-state index in [1.807, 2.05) is 37.3 Å². The summed E-state index contributed by atoms with van der Waals surface area (Å²) >= 11 is 0. The van der Waals surface area contributed by atoms with Crippen LogP contribution in [0.4, 0.5) is 5.69 Å². The second-order valence-electron chi connectivity index (χ2n) is 6.95. The van der Waals surface area contributed by atoms with E-state index in [9.17, 15) is 5.11 Å². The number of β-amino-alcohol motifs (C(OH)–C–C–N with tert-alkyl or cyclic N) is 1. The molecule has 1 atom stereocenters. The van der Waals surface area contributed by atoms with Gasteiger partial charge >= 0.3 is 0 Å². The van der Waals surface area contributed by atoms with E-state index in [-0.39, 0.29) is 6.10 Å². The van der Waals surface area contributed by atoms with Crippen LogP contribution >= 0.6 is 0 Å². The lowest BCUT2D eigenvalue weighted by molar-refractivity contribution is 0.198. The fraction of sp³-hybridized carbons (Fsp3) is 0.273. The quantitative estimate of drug-likeness (QED) is 0.771. The fourth-order valence-electron chi connectivity index (χ4n) is 3.47. The van der Waals surface area contributed by atoms with Gasteiger partial charge in [-0.3, -0.25) is 4.98 Å². The number of aliphatic hydroxyl groups excluding tert-OH is 1. The van der Waals surface area contributed by atoms with Crippen LogP contribution in [0, 0.1) is 18.3 Å². The van der Waals surface area contributed by atoms with Crippen LogP contribution < -0.4 is 9.64 Å². The Morgan fingerprint density at radius 3 is 2.74 bits per heavy atom. The van der Waals surface area contributed by atoms with Crippen molar-refractivity contribution in [3.8, 4) is 11.8 Å². The van der Waals surface area contributed by atoms with Crippen molar-refractivity contribution >= 4 is 16.6 Å². The number of nitrogens with zero attached hydrogens (tertiary/aromatic N) is 3. The van der Waals surface area contributed by atoms with Crippen molar-refractivity contribution in [1.82, 2.24) is 4.98 Å². The molecule has 3 aromatic rings. The highest BCUT2D eigenvalue weighted by molar-refractivity contribution is 5.93. The standard InChI is InChI=1S/C22H21N3O2/c1-15-10-22(25-9-8-18(26)13-25)20-7-6-19(11-21(20)24-15)27-14-17-4-2-16(12-23)3-5-17/h2-7,10-11,18,26H,8-9,13-14H2,1H3/t18-/m0/s1. The van der Waals surface area contributed by atoms with Gasteiger partial charge in [-0.2, -0.15) is 5.26 Å². The maximum absolute atomic E-state index is 9.86. The van der Waals surface area contributed by atoms with Crippen molar-refractivity contribution in [2.75, 3.05) is 18.0 Å². The van der Waals surface area contributed by atoms with Crippen LogP contribution in [-0.4, -0.2) is 29.3 Å². The molecule has 2 aromatic carbocycles. The number of fused-ring (bicyclic) bond motifs is 1. The number of anilines is 1. The Bertz CT molecular complexity index is 1010. The molecule has 1 aliphatic heterocycles. The molecule has 27 heavy (non-hydrogen) atoms. The number of aryl methyl sites for hydroxylation is 1. The maximum Gasteiger partial charge on any atom is 0.122 e. The van der Waals surface area contributed by atoms with Gasteiger partial charge in [0.1, 0.15) is 12.4 Å². The monoisotopic (exact) mass is 359 g/mol. The van der Waals surface area contributed by atoms with E-state index >= 15 is 0 Å². The molecule has 136 valence electrons. The molecule has 5 heteroatoms. The summed E-state index contributed by atoms with van der Waals surface area (Å²) in [6.07, 6.45) is 0.540. The van der Waals surface area contributed by atoms with Crippen molar-refractivity contribution in [2.45, 2.75) is 26.1 Å². The van der Waals surface area contributed by atoms with Crippen LogP contribution in [-0.2, 0) is 6.61 Å². The second-order valence-corrected chi connectivity index (χ2v) is 6.95. The zero-order valence-corrected chi connectivity index (χ0v) is 15.2. The summed E-state index contributed by atoms with van der Waals surface area (Å²) in [4.78, 5) is 6.88. The Kier molecular flexibility index (Phi) is 4.66. The van der Waals surface area contributed by atoms with Gasteiger partial charge in [-0.15, -0.1) is 0 Å². The molecule has 1 saturated heterocycles. The predicted octanol–water partition coefficient (Wildman–Crippen LogP) is 3.56. The third-order valence-electron chi connectivity index (χ3n) is 4.88. The number of ether oxygens (including phenoxy) is 1. The van der Waals surface area contributed by atoms with Crippen LogP contribution in [0.25, 0.3) is 10.9 Å². The Balaban J connectivity index is 1.57. The van der Waals surface area contributed by atoms with E-state index in [2.05, 4.69) is 22.0 Å². The Labute approximate surface area is 158 Å². The molecule has 0 unspecified atom stereocenters. The van der Waals surface area contributed by atoms with Gasteiger partial charge < -0.3 is 14.7 Å². The largest absolute Gasteiger partial charge is 0.489 e. The minimum absolute atomic E-state index is 0.261. The number of hydrogen-bond acceptors (Lipinski definition) is 5. The molecule has 4 rings (SSSR count). The number of pyridine rings is 1. The third kappa shape index (κ3) is 3.71. The van der Waals surface area contributed by atoms with Crippen LogP contribution in [0.2, 0.25) is 0 Å². The normalized spacial score (nSPS) is 16.5. The van der Waals surface area contributed by atoms with Gasteiger partial charge in [0.2, 0.25) is 0 Å². The molecular weight excluding hydrogens is 338 g/mol. The van der Waals surface area contributed by atoms with Crippen molar-refractivity contribution in [3.63, 3.8) is 0 Å². The number of aliphatic hydroxyl groups is 1. The maximum atomic E-state index is 9.86. The topological polar surface area (TPSA) is 69.4 Å². The van der Waals surface area contributed by atoms with E-state index < -0.39 is 0 Å². The van der Waals surface area contributed by atoms with E-state index in [0.29, 0.717) is 18.7 Å². The molecular formula is C22H21N3O2. The van der Waals surface area contributed by atoms with E-state index in [1.54, 1.807) is 12.1 Å². The first-order valence-electron chi connectivity index (χ1n) is 9.08. The van der Waals surface area contributed by atoms with Crippen LogP contribution in [0.15, 0.2) is 48.5 Å². The molecule has 0 bridgehead atoms. The van der Waals surface area contributed by atoms with E-state index in [1.165, 1.54) is 0 Å². The highest BCUT2D eigenvalue weighted by Crippen LogP contribution is 2.31. The highest BCUT2D eigenvalue weighted by Gasteiger charge is 2.22. The minimum atomic E-state index is -0.261. The van der Waals surface area contributed by atoms with Gasteiger partial charge in [0, 0.05) is 35.9 Å².